The van der Waals surface area contributed by atoms with Gasteiger partial charge in [-0.3, -0.25) is 9.59 Å². The fourth-order valence-corrected chi connectivity index (χ4v) is 9.50. The molecule has 2 aliphatic heterocycles. The minimum atomic E-state index is -0.665. The Morgan fingerprint density at radius 1 is 0.643 bits per heavy atom. The van der Waals surface area contributed by atoms with Crippen molar-refractivity contribution in [1.29, 1.82) is 0 Å². The maximum absolute atomic E-state index is 13.6. The number of hydrogen-bond acceptors (Lipinski definition) is 10. The number of nitrogens with one attached hydrogen (secondary N) is 2. The molecule has 0 radical (unpaired) electrons. The van der Waals surface area contributed by atoms with Gasteiger partial charge in [-0.05, 0) is 73.6 Å². The van der Waals surface area contributed by atoms with Crippen LogP contribution in [0.4, 0.5) is 9.59 Å². The molecule has 4 atom stereocenters. The molecular weight excluding hydrogens is 749 g/mol. The number of rotatable bonds is 13. The Morgan fingerprint density at radius 3 is 1.34 bits per heavy atom. The van der Waals surface area contributed by atoms with Gasteiger partial charge in [0.05, 0.1) is 35.1 Å². The predicted molar refractivity (Wildman–Crippen MR) is 219 cm³/mol. The van der Waals surface area contributed by atoms with Crippen molar-refractivity contribution in [3.8, 4) is 32.0 Å². The van der Waals surface area contributed by atoms with E-state index in [2.05, 4.69) is 59.2 Å². The normalized spacial score (nSPS) is 17.9. The van der Waals surface area contributed by atoms with Crippen LogP contribution in [0.3, 0.4) is 0 Å². The van der Waals surface area contributed by atoms with Gasteiger partial charge in [-0.2, -0.15) is 0 Å². The van der Waals surface area contributed by atoms with Crippen molar-refractivity contribution in [2.75, 3.05) is 26.3 Å². The topological polar surface area (TPSA) is 143 Å². The lowest BCUT2D eigenvalue weighted by atomic mass is 10.0. The zero-order valence-corrected chi connectivity index (χ0v) is 34.6. The van der Waals surface area contributed by atoms with E-state index in [0.29, 0.717) is 13.1 Å². The van der Waals surface area contributed by atoms with Crippen LogP contribution in [0.1, 0.15) is 89.3 Å². The maximum atomic E-state index is 13.6. The minimum absolute atomic E-state index is 0.0883. The molecular formula is C42H52N6O6S2. The van der Waals surface area contributed by atoms with Gasteiger partial charge < -0.3 is 29.9 Å². The van der Waals surface area contributed by atoms with Gasteiger partial charge in [0.25, 0.3) is 0 Å². The first-order valence-corrected chi connectivity index (χ1v) is 21.2. The van der Waals surface area contributed by atoms with Crippen molar-refractivity contribution >= 4 is 46.7 Å². The van der Waals surface area contributed by atoms with Crippen LogP contribution in [0, 0.1) is 11.8 Å². The summed E-state index contributed by atoms with van der Waals surface area (Å²) in [6.45, 7) is 12.9. The van der Waals surface area contributed by atoms with Crippen LogP contribution < -0.4 is 10.6 Å². The van der Waals surface area contributed by atoms with E-state index in [1.54, 1.807) is 36.5 Å². The van der Waals surface area contributed by atoms with Gasteiger partial charge in [0.1, 0.15) is 22.1 Å². The van der Waals surface area contributed by atoms with Gasteiger partial charge in [-0.1, -0.05) is 76.2 Å². The monoisotopic (exact) mass is 800 g/mol. The van der Waals surface area contributed by atoms with E-state index in [-0.39, 0.29) is 48.9 Å². The van der Waals surface area contributed by atoms with Crippen molar-refractivity contribution in [1.82, 2.24) is 30.4 Å². The summed E-state index contributed by atoms with van der Waals surface area (Å²) in [7, 11) is 0. The number of likely N-dealkylation sites (tertiary alicyclic amines) is 2. The summed E-state index contributed by atoms with van der Waals surface area (Å²) < 4.78 is 10.1. The second kappa shape index (κ2) is 18.4. The number of nitrogens with zero attached hydrogens (tertiary/aromatic N) is 4. The molecule has 2 aromatic heterocycles. The van der Waals surface area contributed by atoms with Crippen LogP contribution in [0.2, 0.25) is 0 Å². The van der Waals surface area contributed by atoms with Gasteiger partial charge >= 0.3 is 12.2 Å². The quantitative estimate of drug-likeness (QED) is 0.137. The summed E-state index contributed by atoms with van der Waals surface area (Å²) in [4.78, 5) is 66.9. The SMILES string of the molecule is CCOC(=O)N[C@H](C(=O)N1CCC[C@H]1c1ncc(-c2ccc(-c3ccc(-c4cnc([C@@H]5CCCN5C(=O)[C@@H](NC(=O)OCC)C(C)C)s4)cc3)cc2)s1)C(C)C. The molecule has 14 heteroatoms. The summed E-state index contributed by atoms with van der Waals surface area (Å²) in [6.07, 6.45) is 6.02. The summed E-state index contributed by atoms with van der Waals surface area (Å²) in [6, 6.07) is 15.3. The number of hydrogen-bond donors (Lipinski definition) is 2. The Labute approximate surface area is 337 Å². The Kier molecular flexibility index (Phi) is 13.4. The summed E-state index contributed by atoms with van der Waals surface area (Å²) in [5.41, 5.74) is 4.30. The fourth-order valence-electron chi connectivity index (χ4n) is 7.36. The number of carbonyl (C=O) groups excluding carboxylic acids is 4. The second-order valence-electron chi connectivity index (χ2n) is 14.8. The first-order valence-electron chi connectivity index (χ1n) is 19.6. The lowest BCUT2D eigenvalue weighted by molar-refractivity contribution is -0.136. The van der Waals surface area contributed by atoms with Gasteiger partial charge in [0, 0.05) is 25.5 Å². The standard InChI is InChI=1S/C42H52N6O6S2/c1-7-53-41(51)45-35(25(3)4)39(49)47-21-9-11-31(47)37-43-23-33(55-37)29-17-13-27(14-18-29)28-15-19-30(20-16-28)34-24-44-38(56-34)32-12-10-22-48(32)40(50)36(26(5)6)46-42(52)54-8-2/h13-20,23-26,31-32,35-36H,7-12,21-22H2,1-6H3,(H,45,51)(H,46,52)/t31-,32-,35-,36-/m0/s1. The molecule has 4 amide bonds. The molecule has 298 valence electrons. The Balaban J connectivity index is 1.10. The van der Waals surface area contributed by atoms with E-state index in [4.69, 9.17) is 19.4 Å². The molecule has 2 saturated heterocycles. The summed E-state index contributed by atoms with van der Waals surface area (Å²) >= 11 is 3.20. The average molecular weight is 801 g/mol. The van der Waals surface area contributed by atoms with Gasteiger partial charge in [-0.25, -0.2) is 19.6 Å². The van der Waals surface area contributed by atoms with E-state index in [9.17, 15) is 19.2 Å². The van der Waals surface area contributed by atoms with Crippen molar-refractivity contribution < 1.29 is 28.7 Å². The molecule has 0 bridgehead atoms. The van der Waals surface area contributed by atoms with Crippen LogP contribution in [-0.4, -0.2) is 82.2 Å². The van der Waals surface area contributed by atoms with Crippen LogP contribution >= 0.6 is 22.7 Å². The highest BCUT2D eigenvalue weighted by molar-refractivity contribution is 7.15. The van der Waals surface area contributed by atoms with Gasteiger partial charge in [0.15, 0.2) is 0 Å². The third-order valence-electron chi connectivity index (χ3n) is 10.3. The molecule has 4 aromatic rings. The zero-order valence-electron chi connectivity index (χ0n) is 32.9. The third-order valence-corrected chi connectivity index (χ3v) is 12.6. The summed E-state index contributed by atoms with van der Waals surface area (Å²) in [5, 5.41) is 7.31. The first kappa shape index (κ1) is 40.8. The van der Waals surface area contributed by atoms with Crippen LogP contribution in [0.25, 0.3) is 32.0 Å². The van der Waals surface area contributed by atoms with Crippen molar-refractivity contribution in [3.05, 3.63) is 70.9 Å². The maximum Gasteiger partial charge on any atom is 0.407 e. The van der Waals surface area contributed by atoms with Gasteiger partial charge in [-0.15, -0.1) is 22.7 Å². The number of alkyl carbamates (subject to hydrolysis) is 2. The molecule has 0 unspecified atom stereocenters. The number of amides is 4. The molecule has 0 spiro atoms. The van der Waals surface area contributed by atoms with E-state index >= 15 is 0 Å². The predicted octanol–water partition coefficient (Wildman–Crippen LogP) is 8.47. The van der Waals surface area contributed by atoms with Crippen molar-refractivity contribution in [3.63, 3.8) is 0 Å². The highest BCUT2D eigenvalue weighted by atomic mass is 32.1. The largest absolute Gasteiger partial charge is 0.450 e. The molecule has 0 aliphatic carbocycles. The third kappa shape index (κ3) is 9.24. The zero-order chi connectivity index (χ0) is 39.9. The average Bonchev–Trinajstić information content (AvgIpc) is 4.02. The molecule has 2 N–H and O–H groups in total. The molecule has 2 aliphatic rings. The number of benzene rings is 2. The van der Waals surface area contributed by atoms with Crippen molar-refractivity contribution in [2.45, 2.75) is 91.4 Å². The second-order valence-corrected chi connectivity index (χ2v) is 17.0. The molecule has 2 aromatic carbocycles. The molecule has 4 heterocycles. The molecule has 0 saturated carbocycles. The van der Waals surface area contributed by atoms with E-state index < -0.39 is 24.3 Å². The number of ether oxygens (including phenoxy) is 2. The molecule has 56 heavy (non-hydrogen) atoms. The minimum Gasteiger partial charge on any atom is -0.450 e. The number of aromatic nitrogens is 2. The molecule has 12 nitrogen and oxygen atoms in total. The van der Waals surface area contributed by atoms with E-state index in [1.165, 1.54) is 0 Å². The lowest BCUT2D eigenvalue weighted by Crippen LogP contribution is -2.51. The Hall–Kier alpha value is -4.82. The number of thiazole rings is 2. The van der Waals surface area contributed by atoms with E-state index in [1.807, 2.05) is 49.9 Å². The fraction of sp³-hybridized carbons (Fsp3) is 0.476. The van der Waals surface area contributed by atoms with Crippen molar-refractivity contribution in [2.24, 2.45) is 11.8 Å². The van der Waals surface area contributed by atoms with Gasteiger partial charge in [0.2, 0.25) is 11.8 Å². The molecule has 6 rings (SSSR count). The van der Waals surface area contributed by atoms with E-state index in [0.717, 1.165) is 67.7 Å². The smallest absolute Gasteiger partial charge is 0.407 e. The Morgan fingerprint density at radius 2 is 1.00 bits per heavy atom. The van der Waals surface area contributed by atoms with Crippen LogP contribution in [0.5, 0.6) is 0 Å². The lowest BCUT2D eigenvalue weighted by Gasteiger charge is -2.30. The summed E-state index contributed by atoms with van der Waals surface area (Å²) in [5.74, 6) is -0.385. The highest BCUT2D eigenvalue weighted by Gasteiger charge is 2.39. The molecule has 2 fully saturated rings. The first-order chi connectivity index (χ1) is 27.0. The highest BCUT2D eigenvalue weighted by Crippen LogP contribution is 2.40. The Bertz CT molecular complexity index is 1840. The van der Waals surface area contributed by atoms with Crippen LogP contribution in [-0.2, 0) is 19.1 Å². The van der Waals surface area contributed by atoms with Crippen LogP contribution in [0.15, 0.2) is 60.9 Å². The number of carbonyl (C=O) groups is 4.